The van der Waals surface area contributed by atoms with Crippen molar-refractivity contribution in [1.82, 2.24) is 10.5 Å². The fourth-order valence-electron chi connectivity index (χ4n) is 3.05. The third-order valence-corrected chi connectivity index (χ3v) is 7.93. The molecule has 0 unspecified atom stereocenters. The highest BCUT2D eigenvalue weighted by atomic mass is 32.2. The standard InChI is InChI=1S/C20H19N3O5S4/c1-29-20-23-17-12-13(8-9-18(17)30-20)31-28-27-22-11-10-21-16-6-2-5-15-14(16)4-3-7-19(15)32(24,25)26/h2-9,12,21-22H,10-11H2,1H3,(H,24,25,26)/p-1. The lowest BCUT2D eigenvalue weighted by molar-refractivity contribution is -0.243. The lowest BCUT2D eigenvalue weighted by Crippen LogP contribution is -2.21. The van der Waals surface area contributed by atoms with Gasteiger partial charge in [0.15, 0.2) is 4.34 Å². The maximum atomic E-state index is 11.5. The van der Waals surface area contributed by atoms with E-state index in [0.29, 0.717) is 29.5 Å². The Hall–Kier alpha value is -1.90. The van der Waals surface area contributed by atoms with Crippen LogP contribution in [0.4, 0.5) is 5.69 Å². The molecule has 0 saturated carbocycles. The van der Waals surface area contributed by atoms with Gasteiger partial charge in [-0.1, -0.05) is 36.0 Å². The number of hydroxylamine groups is 1. The third-order valence-electron chi connectivity index (χ3n) is 4.43. The molecule has 8 nitrogen and oxygen atoms in total. The van der Waals surface area contributed by atoms with Crippen LogP contribution in [0, 0.1) is 0 Å². The minimum atomic E-state index is -4.55. The number of thiazole rings is 1. The highest BCUT2D eigenvalue weighted by molar-refractivity contribution is 8.00. The Morgan fingerprint density at radius 3 is 2.72 bits per heavy atom. The summed E-state index contributed by atoms with van der Waals surface area (Å²) in [4.78, 5) is 10.2. The van der Waals surface area contributed by atoms with Crippen LogP contribution in [0.2, 0.25) is 0 Å². The van der Waals surface area contributed by atoms with E-state index in [1.165, 1.54) is 6.07 Å². The second kappa shape index (κ2) is 10.4. The molecule has 1 aromatic heterocycles. The van der Waals surface area contributed by atoms with Crippen molar-refractivity contribution < 1.29 is 22.3 Å². The number of hydrogen-bond donors (Lipinski definition) is 2. The zero-order valence-electron chi connectivity index (χ0n) is 16.7. The van der Waals surface area contributed by atoms with Crippen molar-refractivity contribution in [3.05, 3.63) is 54.6 Å². The van der Waals surface area contributed by atoms with E-state index in [9.17, 15) is 13.0 Å². The van der Waals surface area contributed by atoms with Gasteiger partial charge in [0.25, 0.3) is 0 Å². The van der Waals surface area contributed by atoms with Gasteiger partial charge in [-0.2, -0.15) is 5.48 Å². The van der Waals surface area contributed by atoms with Crippen LogP contribution in [0.5, 0.6) is 0 Å². The Morgan fingerprint density at radius 1 is 1.09 bits per heavy atom. The van der Waals surface area contributed by atoms with Gasteiger partial charge in [0, 0.05) is 34.4 Å². The maximum absolute atomic E-state index is 11.5. The second-order valence-corrected chi connectivity index (χ2v) is 10.7. The Labute approximate surface area is 197 Å². The number of rotatable bonds is 10. The molecule has 0 spiro atoms. The van der Waals surface area contributed by atoms with Crippen LogP contribution in [0.25, 0.3) is 21.0 Å². The number of fused-ring (bicyclic) bond motifs is 2. The topological polar surface area (TPSA) is 113 Å². The van der Waals surface area contributed by atoms with E-state index < -0.39 is 10.1 Å². The lowest BCUT2D eigenvalue weighted by atomic mass is 10.1. The lowest BCUT2D eigenvalue weighted by Gasteiger charge is -2.14. The van der Waals surface area contributed by atoms with Gasteiger partial charge in [-0.05, 0) is 36.6 Å². The van der Waals surface area contributed by atoms with Crippen LogP contribution < -0.4 is 10.8 Å². The zero-order chi connectivity index (χ0) is 22.6. The zero-order valence-corrected chi connectivity index (χ0v) is 20.0. The molecule has 12 heteroatoms. The molecule has 1 heterocycles. The smallest absolute Gasteiger partial charge is 0.150 e. The van der Waals surface area contributed by atoms with E-state index in [-0.39, 0.29) is 4.90 Å². The molecule has 32 heavy (non-hydrogen) atoms. The normalized spacial score (nSPS) is 11.9. The number of anilines is 1. The molecule has 0 aliphatic heterocycles. The highest BCUT2D eigenvalue weighted by Gasteiger charge is 2.09. The molecule has 0 saturated heterocycles. The summed E-state index contributed by atoms with van der Waals surface area (Å²) < 4.78 is 41.7. The molecule has 0 radical (unpaired) electrons. The summed E-state index contributed by atoms with van der Waals surface area (Å²) in [5.41, 5.74) is 4.33. The van der Waals surface area contributed by atoms with Crippen LogP contribution in [-0.4, -0.2) is 37.3 Å². The van der Waals surface area contributed by atoms with Gasteiger partial charge in [0.05, 0.1) is 27.2 Å². The molecule has 0 atom stereocenters. The molecule has 0 fully saturated rings. The number of aromatic nitrogens is 1. The van der Waals surface area contributed by atoms with E-state index in [4.69, 9.17) is 9.32 Å². The molecular formula is C20H18N3O5S4-. The minimum Gasteiger partial charge on any atom is -0.744 e. The van der Waals surface area contributed by atoms with Crippen LogP contribution in [0.3, 0.4) is 0 Å². The summed E-state index contributed by atoms with van der Waals surface area (Å²) in [7, 11) is -4.55. The van der Waals surface area contributed by atoms with Crippen molar-refractivity contribution in [3.8, 4) is 0 Å². The largest absolute Gasteiger partial charge is 0.744 e. The number of nitrogens with one attached hydrogen (secondary N) is 2. The summed E-state index contributed by atoms with van der Waals surface area (Å²) in [6.45, 7) is 0.891. The molecule has 0 aliphatic rings. The van der Waals surface area contributed by atoms with Crippen molar-refractivity contribution in [2.45, 2.75) is 14.1 Å². The van der Waals surface area contributed by atoms with Crippen molar-refractivity contribution in [2.24, 2.45) is 0 Å². The van der Waals surface area contributed by atoms with E-state index in [1.807, 2.05) is 30.5 Å². The number of benzene rings is 3. The average Bonchev–Trinajstić information content (AvgIpc) is 3.20. The Kier molecular flexibility index (Phi) is 7.53. The monoisotopic (exact) mass is 508 g/mol. The molecule has 3 aromatic carbocycles. The van der Waals surface area contributed by atoms with Gasteiger partial charge in [0.2, 0.25) is 0 Å². The van der Waals surface area contributed by atoms with Crippen molar-refractivity contribution in [2.75, 3.05) is 24.7 Å². The SMILES string of the molecule is CSc1nc2cc(SOONCCNc3cccc4c(S(=O)(=O)[O-])cccc34)ccc2s1. The molecule has 4 aromatic rings. The van der Waals surface area contributed by atoms with Gasteiger partial charge in [-0.3, -0.25) is 0 Å². The molecule has 4 rings (SSSR count). The summed E-state index contributed by atoms with van der Waals surface area (Å²) in [6.07, 6.45) is 2.00. The minimum absolute atomic E-state index is 0.231. The van der Waals surface area contributed by atoms with E-state index >= 15 is 0 Å². The second-order valence-electron chi connectivity index (χ2n) is 6.48. The first-order valence-corrected chi connectivity index (χ1v) is 13.5. The molecule has 0 bridgehead atoms. The van der Waals surface area contributed by atoms with Gasteiger partial charge in [0.1, 0.15) is 10.1 Å². The maximum Gasteiger partial charge on any atom is 0.150 e. The van der Waals surface area contributed by atoms with Crippen LogP contribution >= 0.6 is 35.1 Å². The number of thioether (sulfide) groups is 1. The van der Waals surface area contributed by atoms with Gasteiger partial charge in [-0.15, -0.1) is 20.7 Å². The Morgan fingerprint density at radius 2 is 1.91 bits per heavy atom. The van der Waals surface area contributed by atoms with Crippen molar-refractivity contribution >= 4 is 71.9 Å². The van der Waals surface area contributed by atoms with Gasteiger partial charge < -0.3 is 9.87 Å². The third kappa shape index (κ3) is 5.53. The van der Waals surface area contributed by atoms with Gasteiger partial charge in [-0.25, -0.2) is 13.4 Å². The van der Waals surface area contributed by atoms with E-state index in [0.717, 1.165) is 31.5 Å². The average molecular weight is 509 g/mol. The fourth-order valence-corrected chi connectivity index (χ4v) is 5.66. The predicted molar refractivity (Wildman–Crippen MR) is 128 cm³/mol. The van der Waals surface area contributed by atoms with Crippen LogP contribution in [0.15, 0.2) is 68.7 Å². The molecule has 2 N–H and O–H groups in total. The van der Waals surface area contributed by atoms with Crippen molar-refractivity contribution in [3.63, 3.8) is 0 Å². The summed E-state index contributed by atoms with van der Waals surface area (Å²) in [5, 5.41) is 4.23. The number of hydrogen-bond acceptors (Lipinski definition) is 11. The van der Waals surface area contributed by atoms with Gasteiger partial charge >= 0.3 is 0 Å². The molecular weight excluding hydrogens is 491 g/mol. The first kappa shape index (κ1) is 23.3. The first-order chi connectivity index (χ1) is 15.5. The fraction of sp³-hybridized carbons (Fsp3) is 0.150. The highest BCUT2D eigenvalue weighted by Crippen LogP contribution is 2.31. The number of nitrogens with zero attached hydrogens (tertiary/aromatic N) is 1. The predicted octanol–water partition coefficient (Wildman–Crippen LogP) is 4.65. The summed E-state index contributed by atoms with van der Waals surface area (Å²) in [6, 6.07) is 15.6. The molecule has 0 aliphatic carbocycles. The first-order valence-electron chi connectivity index (χ1n) is 9.35. The van der Waals surface area contributed by atoms with Crippen molar-refractivity contribution in [1.29, 1.82) is 0 Å². The van der Waals surface area contributed by atoms with Crippen LogP contribution in [0.1, 0.15) is 0 Å². The Balaban J connectivity index is 1.25. The molecule has 168 valence electrons. The quantitative estimate of drug-likeness (QED) is 0.0784. The molecule has 0 amide bonds. The van der Waals surface area contributed by atoms with E-state index in [2.05, 4.69) is 15.8 Å². The van der Waals surface area contributed by atoms with E-state index in [1.54, 1.807) is 47.4 Å². The summed E-state index contributed by atoms with van der Waals surface area (Å²) >= 11 is 4.35. The van der Waals surface area contributed by atoms with Crippen LogP contribution in [-0.2, 0) is 19.4 Å². The summed E-state index contributed by atoms with van der Waals surface area (Å²) in [5.74, 6) is 0. The Bertz CT molecular complexity index is 1340.